The predicted molar refractivity (Wildman–Crippen MR) is 113 cm³/mol. The van der Waals surface area contributed by atoms with Gasteiger partial charge in [-0.05, 0) is 47.9 Å². The van der Waals surface area contributed by atoms with E-state index in [9.17, 15) is 9.00 Å². The van der Waals surface area contributed by atoms with E-state index in [1.54, 1.807) is 18.2 Å². The average Bonchev–Trinajstić information content (AvgIpc) is 3.13. The molecule has 0 bridgehead atoms. The highest BCUT2D eigenvalue weighted by Gasteiger charge is 2.13. The van der Waals surface area contributed by atoms with Gasteiger partial charge in [-0.3, -0.25) is 9.00 Å². The van der Waals surface area contributed by atoms with Crippen LogP contribution in [0.15, 0.2) is 65.1 Å². The van der Waals surface area contributed by atoms with Crippen molar-refractivity contribution in [2.75, 3.05) is 6.54 Å². The third-order valence-corrected chi connectivity index (χ3v) is 5.94. The SMILES string of the molecule is O=C(NCCc1ccc(Cl)cc1)c1ccc(C[S@](=O)Cc2ccccc2Cl)o1. The molecule has 0 radical (unpaired) electrons. The van der Waals surface area contributed by atoms with Gasteiger partial charge in [0.15, 0.2) is 5.76 Å². The molecule has 2 aromatic carbocycles. The van der Waals surface area contributed by atoms with E-state index in [1.165, 1.54) is 0 Å². The molecule has 1 heterocycles. The lowest BCUT2D eigenvalue weighted by Crippen LogP contribution is -2.25. The molecular formula is C21H19Cl2NO3S. The van der Waals surface area contributed by atoms with E-state index in [2.05, 4.69) is 5.32 Å². The summed E-state index contributed by atoms with van der Waals surface area (Å²) < 4.78 is 17.9. The highest BCUT2D eigenvalue weighted by Crippen LogP contribution is 2.19. The molecule has 146 valence electrons. The summed E-state index contributed by atoms with van der Waals surface area (Å²) in [5.74, 6) is 0.984. The molecule has 1 atom stereocenters. The van der Waals surface area contributed by atoms with Crippen molar-refractivity contribution in [3.63, 3.8) is 0 Å². The zero-order valence-electron chi connectivity index (χ0n) is 15.0. The molecule has 1 aromatic heterocycles. The van der Waals surface area contributed by atoms with E-state index in [0.717, 1.165) is 11.1 Å². The van der Waals surface area contributed by atoms with Crippen LogP contribution >= 0.6 is 23.2 Å². The molecule has 1 N–H and O–H groups in total. The molecule has 0 unspecified atom stereocenters. The van der Waals surface area contributed by atoms with Crippen molar-refractivity contribution in [3.8, 4) is 0 Å². The summed E-state index contributed by atoms with van der Waals surface area (Å²) in [5.41, 5.74) is 1.91. The highest BCUT2D eigenvalue weighted by molar-refractivity contribution is 7.83. The van der Waals surface area contributed by atoms with Gasteiger partial charge in [-0.15, -0.1) is 0 Å². The first-order valence-electron chi connectivity index (χ1n) is 8.71. The van der Waals surface area contributed by atoms with Gasteiger partial charge in [0, 0.05) is 27.4 Å². The van der Waals surface area contributed by atoms with Gasteiger partial charge in [-0.25, -0.2) is 0 Å². The van der Waals surface area contributed by atoms with Crippen molar-refractivity contribution >= 4 is 39.9 Å². The zero-order valence-corrected chi connectivity index (χ0v) is 17.3. The van der Waals surface area contributed by atoms with Gasteiger partial charge in [-0.2, -0.15) is 0 Å². The largest absolute Gasteiger partial charge is 0.455 e. The molecule has 0 aliphatic carbocycles. The molecule has 0 saturated carbocycles. The van der Waals surface area contributed by atoms with Crippen LogP contribution in [-0.4, -0.2) is 16.7 Å². The molecule has 0 saturated heterocycles. The molecule has 3 aromatic rings. The Balaban J connectivity index is 1.48. The van der Waals surface area contributed by atoms with Crippen LogP contribution < -0.4 is 5.32 Å². The minimum atomic E-state index is -1.19. The van der Waals surface area contributed by atoms with Crippen LogP contribution in [0.4, 0.5) is 0 Å². The van der Waals surface area contributed by atoms with E-state index in [-0.39, 0.29) is 17.4 Å². The molecular weight excluding hydrogens is 417 g/mol. The number of nitrogens with one attached hydrogen (secondary N) is 1. The van der Waals surface area contributed by atoms with Gasteiger partial charge in [0.25, 0.3) is 5.91 Å². The minimum Gasteiger partial charge on any atom is -0.455 e. The second-order valence-electron chi connectivity index (χ2n) is 6.22. The molecule has 0 fully saturated rings. The Labute approximate surface area is 176 Å². The third-order valence-electron chi connectivity index (χ3n) is 4.08. The summed E-state index contributed by atoms with van der Waals surface area (Å²) in [5, 5.41) is 4.09. The number of benzene rings is 2. The maximum atomic E-state index is 12.3. The van der Waals surface area contributed by atoms with Gasteiger partial charge in [0.1, 0.15) is 5.76 Å². The van der Waals surface area contributed by atoms with Gasteiger partial charge in [0.05, 0.1) is 11.5 Å². The number of hydrogen-bond donors (Lipinski definition) is 1. The normalized spacial score (nSPS) is 11.9. The first-order chi connectivity index (χ1) is 13.5. The van der Waals surface area contributed by atoms with Crippen LogP contribution in [0.25, 0.3) is 0 Å². The number of furan rings is 1. The standard InChI is InChI=1S/C21H19Cl2NO3S/c22-17-7-5-15(6-8-17)11-12-24-21(25)20-10-9-18(27-20)14-28(26)13-16-3-1-2-4-19(16)23/h1-10H,11-14H2,(H,24,25)/t28-/m1/s1. The third kappa shape index (κ3) is 5.96. The van der Waals surface area contributed by atoms with Crippen LogP contribution in [-0.2, 0) is 28.7 Å². The number of carbonyl (C=O) groups excluding carboxylic acids is 1. The first-order valence-corrected chi connectivity index (χ1v) is 11.0. The maximum absolute atomic E-state index is 12.3. The van der Waals surface area contributed by atoms with Crippen LogP contribution in [0.3, 0.4) is 0 Å². The first kappa shape index (κ1) is 20.6. The fourth-order valence-electron chi connectivity index (χ4n) is 2.63. The van der Waals surface area contributed by atoms with E-state index >= 15 is 0 Å². The smallest absolute Gasteiger partial charge is 0.287 e. The van der Waals surface area contributed by atoms with E-state index < -0.39 is 10.8 Å². The summed E-state index contributed by atoms with van der Waals surface area (Å²) in [4.78, 5) is 12.2. The Morgan fingerprint density at radius 1 is 0.964 bits per heavy atom. The van der Waals surface area contributed by atoms with Crippen molar-refractivity contribution in [2.45, 2.75) is 17.9 Å². The molecule has 0 aliphatic rings. The second-order valence-corrected chi connectivity index (χ2v) is 8.52. The van der Waals surface area contributed by atoms with Gasteiger partial charge in [0.2, 0.25) is 0 Å². The molecule has 7 heteroatoms. The van der Waals surface area contributed by atoms with Crippen LogP contribution in [0.1, 0.15) is 27.4 Å². The zero-order chi connectivity index (χ0) is 19.9. The Bertz CT molecular complexity index is 970. The molecule has 4 nitrogen and oxygen atoms in total. The van der Waals surface area contributed by atoms with Gasteiger partial charge in [-0.1, -0.05) is 53.5 Å². The minimum absolute atomic E-state index is 0.209. The van der Waals surface area contributed by atoms with Crippen LogP contribution in [0.5, 0.6) is 0 Å². The second kappa shape index (κ2) is 9.92. The van der Waals surface area contributed by atoms with Gasteiger partial charge < -0.3 is 9.73 Å². The molecule has 1 amide bonds. The quantitative estimate of drug-likeness (QED) is 0.540. The van der Waals surface area contributed by atoms with Gasteiger partial charge >= 0.3 is 0 Å². The number of hydrogen-bond acceptors (Lipinski definition) is 3. The Hall–Kier alpha value is -2.08. The molecule has 0 spiro atoms. The fraction of sp³-hybridized carbons (Fsp3) is 0.190. The Morgan fingerprint density at radius 3 is 2.46 bits per heavy atom. The monoisotopic (exact) mass is 435 g/mol. The molecule has 0 aliphatic heterocycles. The van der Waals surface area contributed by atoms with Crippen molar-refractivity contribution in [1.82, 2.24) is 5.32 Å². The summed E-state index contributed by atoms with van der Waals surface area (Å²) >= 11 is 12.0. The summed E-state index contributed by atoms with van der Waals surface area (Å²) in [6.45, 7) is 0.481. The lowest BCUT2D eigenvalue weighted by Gasteiger charge is -2.04. The Morgan fingerprint density at radius 2 is 1.71 bits per heavy atom. The molecule has 28 heavy (non-hydrogen) atoms. The number of rotatable bonds is 8. The maximum Gasteiger partial charge on any atom is 0.287 e. The van der Waals surface area contributed by atoms with Crippen LogP contribution in [0.2, 0.25) is 10.0 Å². The lowest BCUT2D eigenvalue weighted by atomic mass is 10.1. The highest BCUT2D eigenvalue weighted by atomic mass is 35.5. The molecule has 3 rings (SSSR count). The van der Waals surface area contributed by atoms with Crippen molar-refractivity contribution < 1.29 is 13.4 Å². The summed E-state index contributed by atoms with van der Waals surface area (Å²) in [6, 6.07) is 18.1. The van der Waals surface area contributed by atoms with Crippen molar-refractivity contribution in [2.24, 2.45) is 0 Å². The fourth-order valence-corrected chi connectivity index (χ4v) is 4.22. The summed E-state index contributed by atoms with van der Waals surface area (Å²) in [7, 11) is -1.19. The summed E-state index contributed by atoms with van der Waals surface area (Å²) in [6.07, 6.45) is 0.693. The van der Waals surface area contributed by atoms with Crippen molar-refractivity contribution in [3.05, 3.63) is 93.4 Å². The lowest BCUT2D eigenvalue weighted by molar-refractivity contribution is 0.0925. The number of carbonyl (C=O) groups is 1. The average molecular weight is 436 g/mol. The van der Waals surface area contributed by atoms with Crippen LogP contribution in [0, 0.1) is 0 Å². The number of amides is 1. The van der Waals surface area contributed by atoms with Crippen molar-refractivity contribution in [1.29, 1.82) is 0 Å². The van der Waals surface area contributed by atoms with E-state index in [4.69, 9.17) is 27.6 Å². The number of halogens is 2. The van der Waals surface area contributed by atoms with E-state index in [1.807, 2.05) is 42.5 Å². The topological polar surface area (TPSA) is 59.3 Å². The van der Waals surface area contributed by atoms with E-state index in [0.29, 0.717) is 34.5 Å². The Kier molecular flexibility index (Phi) is 7.31. The predicted octanol–water partition coefficient (Wildman–Crippen LogP) is 5.01.